The van der Waals surface area contributed by atoms with E-state index in [-0.39, 0.29) is 11.8 Å². The number of amides is 2. The van der Waals surface area contributed by atoms with Gasteiger partial charge in [-0.05, 0) is 17.7 Å². The molecule has 0 atom stereocenters. The zero-order valence-corrected chi connectivity index (χ0v) is 13.6. The van der Waals surface area contributed by atoms with Crippen molar-refractivity contribution < 1.29 is 14.0 Å². The molecule has 1 aromatic heterocycles. The Kier molecular flexibility index (Phi) is 5.97. The molecule has 0 radical (unpaired) electrons. The summed E-state index contributed by atoms with van der Waals surface area (Å²) < 4.78 is 5.26. The minimum Gasteiger partial charge on any atom is -0.467 e. The van der Waals surface area contributed by atoms with Gasteiger partial charge >= 0.3 is 0 Å². The van der Waals surface area contributed by atoms with Gasteiger partial charge in [0.1, 0.15) is 5.76 Å². The van der Waals surface area contributed by atoms with Crippen LogP contribution in [0.5, 0.6) is 0 Å². The second-order valence-corrected chi connectivity index (χ2v) is 5.51. The lowest BCUT2D eigenvalue weighted by Gasteiger charge is -2.22. The number of benzene rings is 1. The maximum absolute atomic E-state index is 12.2. The second kappa shape index (κ2) is 8.17. The van der Waals surface area contributed by atoms with Crippen molar-refractivity contribution in [3.05, 3.63) is 60.1 Å². The number of rotatable bonds is 7. The molecule has 5 heteroatoms. The summed E-state index contributed by atoms with van der Waals surface area (Å²) in [6, 6.07) is 13.4. The van der Waals surface area contributed by atoms with E-state index >= 15 is 0 Å². The van der Waals surface area contributed by atoms with Gasteiger partial charge in [-0.15, -0.1) is 0 Å². The predicted molar refractivity (Wildman–Crippen MR) is 87.3 cm³/mol. The minimum absolute atomic E-state index is 0.0135. The summed E-state index contributed by atoms with van der Waals surface area (Å²) in [4.78, 5) is 27.2. The first kappa shape index (κ1) is 16.8. The van der Waals surface area contributed by atoms with Crippen molar-refractivity contribution >= 4 is 11.8 Å². The molecular weight excluding hydrogens is 292 g/mol. The summed E-state index contributed by atoms with van der Waals surface area (Å²) in [7, 11) is 1.78. The van der Waals surface area contributed by atoms with Crippen LogP contribution in [-0.2, 0) is 22.7 Å². The maximum Gasteiger partial charge on any atom is 0.224 e. The molecule has 0 spiro atoms. The molecule has 2 aromatic rings. The quantitative estimate of drug-likeness (QED) is 0.789. The van der Waals surface area contributed by atoms with Crippen molar-refractivity contribution in [2.24, 2.45) is 0 Å². The summed E-state index contributed by atoms with van der Waals surface area (Å²) in [5.74, 6) is 0.657. The summed E-state index contributed by atoms with van der Waals surface area (Å²) in [5, 5.41) is 0. The number of furan rings is 1. The molecule has 5 nitrogen and oxygen atoms in total. The van der Waals surface area contributed by atoms with Gasteiger partial charge in [0.25, 0.3) is 0 Å². The van der Waals surface area contributed by atoms with Gasteiger partial charge in [0.15, 0.2) is 0 Å². The molecule has 1 heterocycles. The van der Waals surface area contributed by atoms with Crippen molar-refractivity contribution in [2.75, 3.05) is 13.6 Å². The summed E-state index contributed by atoms with van der Waals surface area (Å²) in [6.07, 6.45) is 1.87. The van der Waals surface area contributed by atoms with Gasteiger partial charge in [-0.25, -0.2) is 0 Å². The Hall–Kier alpha value is -2.56. The molecule has 0 saturated carbocycles. The van der Waals surface area contributed by atoms with Crippen molar-refractivity contribution in [3.63, 3.8) is 0 Å². The number of carbonyl (C=O) groups excluding carboxylic acids is 2. The third-order valence-corrected chi connectivity index (χ3v) is 3.66. The van der Waals surface area contributed by atoms with Crippen LogP contribution in [0.2, 0.25) is 0 Å². The van der Waals surface area contributed by atoms with Crippen LogP contribution in [0, 0.1) is 0 Å². The average Bonchev–Trinajstić information content (AvgIpc) is 3.04. The van der Waals surface area contributed by atoms with E-state index in [0.29, 0.717) is 31.8 Å². The molecule has 0 aliphatic rings. The summed E-state index contributed by atoms with van der Waals surface area (Å²) >= 11 is 0. The first-order chi connectivity index (χ1) is 11.1. The third kappa shape index (κ3) is 5.29. The fourth-order valence-corrected chi connectivity index (χ4v) is 2.31. The lowest BCUT2D eigenvalue weighted by atomic mass is 10.2. The maximum atomic E-state index is 12.2. The third-order valence-electron chi connectivity index (χ3n) is 3.66. The van der Waals surface area contributed by atoms with Crippen LogP contribution in [0.4, 0.5) is 0 Å². The van der Waals surface area contributed by atoms with E-state index in [9.17, 15) is 9.59 Å². The van der Waals surface area contributed by atoms with E-state index in [0.717, 1.165) is 5.56 Å². The van der Waals surface area contributed by atoms with Crippen LogP contribution in [0.15, 0.2) is 53.1 Å². The summed E-state index contributed by atoms with van der Waals surface area (Å²) in [5.41, 5.74) is 1.09. The SMILES string of the molecule is CC(=O)N(CCC(=O)N(C)Cc1ccccc1)Cc1ccco1. The average molecular weight is 314 g/mol. The van der Waals surface area contributed by atoms with Crippen molar-refractivity contribution in [3.8, 4) is 0 Å². The summed E-state index contributed by atoms with van der Waals surface area (Å²) in [6.45, 7) is 2.84. The van der Waals surface area contributed by atoms with E-state index in [1.165, 1.54) is 6.92 Å². The van der Waals surface area contributed by atoms with Crippen LogP contribution >= 0.6 is 0 Å². The lowest BCUT2D eigenvalue weighted by Crippen LogP contribution is -2.34. The Morgan fingerprint density at radius 2 is 1.78 bits per heavy atom. The number of hydrogen-bond donors (Lipinski definition) is 0. The van der Waals surface area contributed by atoms with E-state index < -0.39 is 0 Å². The van der Waals surface area contributed by atoms with Crippen LogP contribution in [-0.4, -0.2) is 35.2 Å². The van der Waals surface area contributed by atoms with Crippen molar-refractivity contribution in [1.29, 1.82) is 0 Å². The zero-order valence-electron chi connectivity index (χ0n) is 13.6. The van der Waals surface area contributed by atoms with E-state index in [2.05, 4.69) is 0 Å². The molecule has 0 N–H and O–H groups in total. The molecule has 0 aliphatic carbocycles. The standard InChI is InChI=1S/C18H22N2O3/c1-15(21)20(14-17-9-6-12-23-17)11-10-18(22)19(2)13-16-7-4-3-5-8-16/h3-9,12H,10-11,13-14H2,1-2H3. The fourth-order valence-electron chi connectivity index (χ4n) is 2.31. The lowest BCUT2D eigenvalue weighted by molar-refractivity contribution is -0.133. The molecule has 23 heavy (non-hydrogen) atoms. The second-order valence-electron chi connectivity index (χ2n) is 5.51. The van der Waals surface area contributed by atoms with Crippen LogP contribution in [0.25, 0.3) is 0 Å². The van der Waals surface area contributed by atoms with Crippen LogP contribution in [0.3, 0.4) is 0 Å². The highest BCUT2D eigenvalue weighted by Crippen LogP contribution is 2.08. The Labute approximate surface area is 136 Å². The number of hydrogen-bond acceptors (Lipinski definition) is 3. The molecule has 0 fully saturated rings. The van der Waals surface area contributed by atoms with Gasteiger partial charge in [-0.1, -0.05) is 30.3 Å². The van der Waals surface area contributed by atoms with Gasteiger partial charge in [-0.3, -0.25) is 9.59 Å². The first-order valence-electron chi connectivity index (χ1n) is 7.62. The highest BCUT2D eigenvalue weighted by Gasteiger charge is 2.15. The largest absolute Gasteiger partial charge is 0.467 e. The topological polar surface area (TPSA) is 53.8 Å². The number of nitrogens with zero attached hydrogens (tertiary/aromatic N) is 2. The van der Waals surface area contributed by atoms with Crippen LogP contribution < -0.4 is 0 Å². The minimum atomic E-state index is -0.0695. The van der Waals surface area contributed by atoms with Gasteiger partial charge in [0, 0.05) is 33.5 Å². The molecule has 1 aromatic carbocycles. The van der Waals surface area contributed by atoms with Crippen LogP contribution in [0.1, 0.15) is 24.7 Å². The fraction of sp³-hybridized carbons (Fsp3) is 0.333. The smallest absolute Gasteiger partial charge is 0.224 e. The Balaban J connectivity index is 1.84. The Morgan fingerprint density at radius 3 is 2.39 bits per heavy atom. The Morgan fingerprint density at radius 1 is 1.04 bits per heavy atom. The molecule has 122 valence electrons. The zero-order chi connectivity index (χ0) is 16.7. The molecule has 2 amide bonds. The van der Waals surface area contributed by atoms with Crippen molar-refractivity contribution in [1.82, 2.24) is 9.80 Å². The number of carbonyl (C=O) groups is 2. The molecule has 0 saturated heterocycles. The predicted octanol–water partition coefficient (Wildman–Crippen LogP) is 2.68. The molecule has 0 bridgehead atoms. The normalized spacial score (nSPS) is 10.3. The van der Waals surface area contributed by atoms with E-state index in [4.69, 9.17) is 4.42 Å². The monoisotopic (exact) mass is 314 g/mol. The Bertz CT molecular complexity index is 623. The van der Waals surface area contributed by atoms with E-state index in [1.54, 1.807) is 29.2 Å². The highest BCUT2D eigenvalue weighted by atomic mass is 16.3. The van der Waals surface area contributed by atoms with Crippen molar-refractivity contribution in [2.45, 2.75) is 26.4 Å². The van der Waals surface area contributed by atoms with E-state index in [1.807, 2.05) is 36.4 Å². The molecule has 0 unspecified atom stereocenters. The van der Waals surface area contributed by atoms with Gasteiger partial charge in [0.2, 0.25) is 11.8 Å². The highest BCUT2D eigenvalue weighted by molar-refractivity contribution is 5.78. The van der Waals surface area contributed by atoms with Gasteiger partial charge in [-0.2, -0.15) is 0 Å². The molecule has 0 aliphatic heterocycles. The molecular formula is C18H22N2O3. The van der Waals surface area contributed by atoms with Gasteiger partial charge < -0.3 is 14.2 Å². The first-order valence-corrected chi connectivity index (χ1v) is 7.62. The molecule has 2 rings (SSSR count). The van der Waals surface area contributed by atoms with Gasteiger partial charge in [0.05, 0.1) is 12.8 Å².